The highest BCUT2D eigenvalue weighted by Gasteiger charge is 2.30. The van der Waals surface area contributed by atoms with Crippen molar-refractivity contribution in [1.82, 2.24) is 14.9 Å². The van der Waals surface area contributed by atoms with Gasteiger partial charge in [0.1, 0.15) is 11.0 Å². The molecule has 0 unspecified atom stereocenters. The van der Waals surface area contributed by atoms with Crippen LogP contribution in [0.25, 0.3) is 0 Å². The van der Waals surface area contributed by atoms with Crippen molar-refractivity contribution in [3.63, 3.8) is 0 Å². The van der Waals surface area contributed by atoms with Gasteiger partial charge >= 0.3 is 5.97 Å². The lowest BCUT2D eigenvalue weighted by molar-refractivity contribution is 0.0695. The lowest BCUT2D eigenvalue weighted by atomic mass is 9.97. The standard InChI is InChI=1S/C18H23N3O4S/c1-11-14(7-9-22)26-17(20-11)16(13-4-2-3-8-19-13)21-10-12(18(24)25)5-6-15(21)23/h5-6,10,13,16,19,22H,2-4,7-9H2,1H3,(H,24,25)/t13-,16-/m0/s1. The number of thiazole rings is 1. The summed E-state index contributed by atoms with van der Waals surface area (Å²) in [4.78, 5) is 29.6. The molecule has 0 aromatic carbocycles. The first kappa shape index (κ1) is 18.8. The van der Waals surface area contributed by atoms with Crippen molar-refractivity contribution < 1.29 is 15.0 Å². The van der Waals surface area contributed by atoms with E-state index in [0.717, 1.165) is 41.4 Å². The van der Waals surface area contributed by atoms with Crippen LogP contribution in [0.3, 0.4) is 0 Å². The predicted molar refractivity (Wildman–Crippen MR) is 99.1 cm³/mol. The van der Waals surface area contributed by atoms with Gasteiger partial charge in [-0.3, -0.25) is 4.79 Å². The number of aromatic carboxylic acids is 1. The van der Waals surface area contributed by atoms with Crippen LogP contribution in [0, 0.1) is 6.92 Å². The number of aromatic nitrogens is 2. The number of nitrogens with one attached hydrogen (secondary N) is 1. The molecule has 0 aliphatic carbocycles. The van der Waals surface area contributed by atoms with Gasteiger partial charge in [-0.2, -0.15) is 0 Å². The normalized spacial score (nSPS) is 18.6. The van der Waals surface area contributed by atoms with E-state index >= 15 is 0 Å². The van der Waals surface area contributed by atoms with E-state index in [0.29, 0.717) is 6.42 Å². The van der Waals surface area contributed by atoms with E-state index in [4.69, 9.17) is 0 Å². The Morgan fingerprint density at radius 2 is 2.27 bits per heavy atom. The maximum absolute atomic E-state index is 12.5. The third-order valence-electron chi connectivity index (χ3n) is 4.72. The third kappa shape index (κ3) is 3.87. The first-order valence-corrected chi connectivity index (χ1v) is 9.59. The lowest BCUT2D eigenvalue weighted by Crippen LogP contribution is -2.44. The topological polar surface area (TPSA) is 104 Å². The first-order valence-electron chi connectivity index (χ1n) is 8.77. The van der Waals surface area contributed by atoms with E-state index in [9.17, 15) is 19.8 Å². The summed E-state index contributed by atoms with van der Waals surface area (Å²) < 4.78 is 1.49. The summed E-state index contributed by atoms with van der Waals surface area (Å²) in [6.07, 6.45) is 4.96. The second-order valence-corrected chi connectivity index (χ2v) is 7.62. The summed E-state index contributed by atoms with van der Waals surface area (Å²) in [7, 11) is 0. The largest absolute Gasteiger partial charge is 0.478 e. The van der Waals surface area contributed by atoms with Crippen molar-refractivity contribution in [1.29, 1.82) is 0 Å². The molecule has 8 heteroatoms. The molecule has 0 spiro atoms. The highest BCUT2D eigenvalue weighted by Crippen LogP contribution is 2.31. The highest BCUT2D eigenvalue weighted by atomic mass is 32.1. The second kappa shape index (κ2) is 8.11. The van der Waals surface area contributed by atoms with Crippen LogP contribution in [-0.4, -0.2) is 44.9 Å². The van der Waals surface area contributed by atoms with Gasteiger partial charge in [-0.25, -0.2) is 9.78 Å². The Bertz CT molecular complexity index is 839. The average Bonchev–Trinajstić information content (AvgIpc) is 2.98. The number of hydrogen-bond donors (Lipinski definition) is 3. The van der Waals surface area contributed by atoms with Gasteiger partial charge in [0.05, 0.1) is 11.3 Å². The van der Waals surface area contributed by atoms with E-state index in [1.54, 1.807) is 0 Å². The molecule has 2 atom stereocenters. The molecule has 1 fully saturated rings. The summed E-state index contributed by atoms with van der Waals surface area (Å²) in [5.74, 6) is -1.06. The van der Waals surface area contributed by atoms with Crippen molar-refractivity contribution in [2.75, 3.05) is 13.2 Å². The van der Waals surface area contributed by atoms with Crippen molar-refractivity contribution in [3.05, 3.63) is 49.8 Å². The molecule has 2 aromatic heterocycles. The third-order valence-corrected chi connectivity index (χ3v) is 6.00. The fourth-order valence-electron chi connectivity index (χ4n) is 3.39. The van der Waals surface area contributed by atoms with Crippen molar-refractivity contribution in [2.45, 2.75) is 44.7 Å². The maximum atomic E-state index is 12.5. The van der Waals surface area contributed by atoms with E-state index in [-0.39, 0.29) is 29.8 Å². The molecular weight excluding hydrogens is 354 g/mol. The first-order chi connectivity index (χ1) is 12.5. The Morgan fingerprint density at radius 3 is 2.92 bits per heavy atom. The molecule has 0 radical (unpaired) electrons. The fourth-order valence-corrected chi connectivity index (χ4v) is 4.61. The van der Waals surface area contributed by atoms with Gasteiger partial charge in [-0.1, -0.05) is 6.42 Å². The Morgan fingerprint density at radius 1 is 1.46 bits per heavy atom. The van der Waals surface area contributed by atoms with Crippen molar-refractivity contribution >= 4 is 17.3 Å². The van der Waals surface area contributed by atoms with Crippen LogP contribution < -0.4 is 10.9 Å². The SMILES string of the molecule is Cc1nc([C@H]([C@@H]2CCCCN2)n2cc(C(=O)O)ccc2=O)sc1CCO. The molecule has 0 amide bonds. The van der Waals surface area contributed by atoms with Crippen LogP contribution in [0.2, 0.25) is 0 Å². The maximum Gasteiger partial charge on any atom is 0.337 e. The summed E-state index contributed by atoms with van der Waals surface area (Å²) in [6, 6.07) is 2.28. The molecule has 0 bridgehead atoms. The zero-order valence-electron chi connectivity index (χ0n) is 14.6. The number of aliphatic hydroxyl groups excluding tert-OH is 1. The van der Waals surface area contributed by atoms with E-state index in [2.05, 4.69) is 10.3 Å². The van der Waals surface area contributed by atoms with Gasteiger partial charge in [-0.15, -0.1) is 11.3 Å². The number of hydrogen-bond acceptors (Lipinski definition) is 6. The monoisotopic (exact) mass is 377 g/mol. The van der Waals surface area contributed by atoms with E-state index in [1.165, 1.54) is 34.2 Å². The lowest BCUT2D eigenvalue weighted by Gasteiger charge is -2.31. The number of piperidine rings is 1. The molecule has 26 heavy (non-hydrogen) atoms. The van der Waals surface area contributed by atoms with Gasteiger partial charge in [0.2, 0.25) is 0 Å². The fraction of sp³-hybridized carbons (Fsp3) is 0.500. The van der Waals surface area contributed by atoms with Crippen LogP contribution in [0.5, 0.6) is 0 Å². The molecule has 1 saturated heterocycles. The zero-order chi connectivity index (χ0) is 18.7. The Labute approximate surface area is 155 Å². The van der Waals surface area contributed by atoms with Crippen molar-refractivity contribution in [2.24, 2.45) is 0 Å². The van der Waals surface area contributed by atoms with Gasteiger partial charge in [-0.05, 0) is 32.4 Å². The second-order valence-electron chi connectivity index (χ2n) is 6.50. The number of carbonyl (C=O) groups is 1. The Kier molecular flexibility index (Phi) is 5.85. The number of aliphatic hydroxyl groups is 1. The molecule has 3 heterocycles. The minimum Gasteiger partial charge on any atom is -0.478 e. The molecule has 1 aliphatic rings. The van der Waals surface area contributed by atoms with E-state index in [1.807, 2.05) is 6.92 Å². The van der Waals surface area contributed by atoms with E-state index < -0.39 is 5.97 Å². The van der Waals surface area contributed by atoms with Gasteiger partial charge < -0.3 is 20.1 Å². The average molecular weight is 377 g/mol. The molecule has 7 nitrogen and oxygen atoms in total. The Hall–Kier alpha value is -2.03. The van der Waals surface area contributed by atoms with Crippen LogP contribution in [0.4, 0.5) is 0 Å². The van der Waals surface area contributed by atoms with Gasteiger partial charge in [0.15, 0.2) is 0 Å². The minimum absolute atomic E-state index is 0.0121. The summed E-state index contributed by atoms with van der Waals surface area (Å²) >= 11 is 1.49. The van der Waals surface area contributed by atoms with Crippen LogP contribution >= 0.6 is 11.3 Å². The zero-order valence-corrected chi connectivity index (χ0v) is 15.5. The number of pyridine rings is 1. The number of carboxylic acid groups (broad SMARTS) is 1. The highest BCUT2D eigenvalue weighted by molar-refractivity contribution is 7.11. The predicted octanol–water partition coefficient (Wildman–Crippen LogP) is 1.58. The molecule has 0 saturated carbocycles. The van der Waals surface area contributed by atoms with Gasteiger partial charge in [0.25, 0.3) is 5.56 Å². The summed E-state index contributed by atoms with van der Waals surface area (Å²) in [5, 5.41) is 22.8. The summed E-state index contributed by atoms with van der Waals surface area (Å²) in [6.45, 7) is 2.80. The van der Waals surface area contributed by atoms with Crippen LogP contribution in [0.1, 0.15) is 51.2 Å². The Balaban J connectivity index is 2.09. The molecule has 3 rings (SSSR count). The number of aryl methyl sites for hydroxylation is 1. The number of carboxylic acids is 1. The minimum atomic E-state index is -1.06. The molecular formula is C18H23N3O4S. The quantitative estimate of drug-likeness (QED) is 0.706. The number of rotatable bonds is 6. The summed E-state index contributed by atoms with van der Waals surface area (Å²) in [5.41, 5.74) is 0.681. The number of nitrogens with zero attached hydrogens (tertiary/aromatic N) is 2. The molecule has 140 valence electrons. The van der Waals surface area contributed by atoms with Crippen molar-refractivity contribution in [3.8, 4) is 0 Å². The smallest absolute Gasteiger partial charge is 0.337 e. The molecule has 1 aliphatic heterocycles. The molecule has 2 aromatic rings. The van der Waals surface area contributed by atoms with Gasteiger partial charge in [0, 0.05) is 36.2 Å². The van der Waals surface area contributed by atoms with Crippen LogP contribution in [-0.2, 0) is 6.42 Å². The molecule has 3 N–H and O–H groups in total. The van der Waals surface area contributed by atoms with Crippen LogP contribution in [0.15, 0.2) is 23.1 Å².